The second-order valence-electron chi connectivity index (χ2n) is 1.38. The first-order chi connectivity index (χ1) is 3.83. The minimum atomic E-state index is 0.819. The third-order valence-electron chi connectivity index (χ3n) is 0.774. The summed E-state index contributed by atoms with van der Waals surface area (Å²) in [7, 11) is 0. The van der Waals surface area contributed by atoms with Crippen LogP contribution in [0.1, 0.15) is 5.82 Å². The van der Waals surface area contributed by atoms with Crippen molar-refractivity contribution in [3.63, 3.8) is 0 Å². The van der Waals surface area contributed by atoms with E-state index in [1.54, 1.807) is 10.4 Å². The Labute approximate surface area is 52.2 Å². The van der Waals surface area contributed by atoms with Gasteiger partial charge in [-0.25, -0.2) is 4.98 Å². The largest absolute Gasteiger partial charge is 0.219 e. The maximum atomic E-state index is 4.00. The van der Waals surface area contributed by atoms with Crippen LogP contribution in [0.25, 0.3) is 0 Å². The van der Waals surface area contributed by atoms with Crippen LogP contribution in [0.5, 0.6) is 0 Å². The van der Waals surface area contributed by atoms with Crippen molar-refractivity contribution in [2.45, 2.75) is 6.92 Å². The van der Waals surface area contributed by atoms with Gasteiger partial charge >= 0.3 is 0 Å². The van der Waals surface area contributed by atoms with Crippen LogP contribution >= 0.6 is 11.9 Å². The zero-order chi connectivity index (χ0) is 5.98. The van der Waals surface area contributed by atoms with Gasteiger partial charge in [-0.3, -0.25) is 0 Å². The summed E-state index contributed by atoms with van der Waals surface area (Å²) < 4.78 is 1.72. The number of aryl methyl sites for hydroxylation is 1. The predicted octanol–water partition coefficient (Wildman–Crippen LogP) is 0.713. The fraction of sp³-hybridized carbons (Fsp3) is 0.500. The van der Waals surface area contributed by atoms with Crippen LogP contribution in [0.2, 0.25) is 0 Å². The molecule has 44 valence electrons. The normalized spacial score (nSPS) is 9.75. The van der Waals surface area contributed by atoms with E-state index in [9.17, 15) is 0 Å². The summed E-state index contributed by atoms with van der Waals surface area (Å²) in [6.45, 7) is 1.87. The summed E-state index contributed by atoms with van der Waals surface area (Å²) in [6, 6.07) is 0. The molecule has 0 bridgehead atoms. The van der Waals surface area contributed by atoms with E-state index in [4.69, 9.17) is 0 Å². The van der Waals surface area contributed by atoms with Crippen LogP contribution in [0, 0.1) is 6.92 Å². The van der Waals surface area contributed by atoms with Crippen molar-refractivity contribution in [1.82, 2.24) is 14.2 Å². The van der Waals surface area contributed by atoms with E-state index in [2.05, 4.69) is 10.1 Å². The van der Waals surface area contributed by atoms with E-state index in [0.717, 1.165) is 5.82 Å². The van der Waals surface area contributed by atoms with Gasteiger partial charge in [0.15, 0.2) is 0 Å². The highest BCUT2D eigenvalue weighted by atomic mass is 32.2. The first-order valence-corrected chi connectivity index (χ1v) is 3.44. The third-order valence-corrected chi connectivity index (χ3v) is 1.32. The SMILES string of the molecule is CSn1cnc(C)n1. The molecule has 0 radical (unpaired) electrons. The van der Waals surface area contributed by atoms with Crippen LogP contribution < -0.4 is 0 Å². The number of rotatable bonds is 1. The molecular weight excluding hydrogens is 122 g/mol. The van der Waals surface area contributed by atoms with Crippen molar-refractivity contribution < 1.29 is 0 Å². The van der Waals surface area contributed by atoms with Crippen molar-refractivity contribution in [3.8, 4) is 0 Å². The molecule has 4 heteroatoms. The van der Waals surface area contributed by atoms with Gasteiger partial charge in [0.2, 0.25) is 0 Å². The van der Waals surface area contributed by atoms with E-state index in [0.29, 0.717) is 0 Å². The molecule has 0 spiro atoms. The Morgan fingerprint density at radius 1 is 1.75 bits per heavy atom. The van der Waals surface area contributed by atoms with E-state index in [-0.39, 0.29) is 0 Å². The molecule has 1 rings (SSSR count). The predicted molar refractivity (Wildman–Crippen MR) is 33.7 cm³/mol. The topological polar surface area (TPSA) is 30.7 Å². The highest BCUT2D eigenvalue weighted by molar-refractivity contribution is 7.97. The second kappa shape index (κ2) is 2.17. The molecule has 1 aromatic heterocycles. The fourth-order valence-electron chi connectivity index (χ4n) is 0.415. The molecule has 8 heavy (non-hydrogen) atoms. The molecule has 1 aromatic rings. The Morgan fingerprint density at radius 3 is 2.75 bits per heavy atom. The molecule has 0 aliphatic heterocycles. The van der Waals surface area contributed by atoms with E-state index in [1.807, 2.05) is 13.2 Å². The lowest BCUT2D eigenvalue weighted by Crippen LogP contribution is -1.83. The van der Waals surface area contributed by atoms with Gasteiger partial charge in [0, 0.05) is 6.26 Å². The summed E-state index contributed by atoms with van der Waals surface area (Å²) in [5, 5.41) is 4.00. The van der Waals surface area contributed by atoms with Crippen molar-refractivity contribution in [2.75, 3.05) is 6.26 Å². The molecule has 0 saturated carbocycles. The van der Waals surface area contributed by atoms with E-state index < -0.39 is 0 Å². The van der Waals surface area contributed by atoms with Gasteiger partial charge in [0.05, 0.1) is 0 Å². The zero-order valence-corrected chi connectivity index (χ0v) is 5.64. The highest BCUT2D eigenvalue weighted by Crippen LogP contribution is 1.95. The quantitative estimate of drug-likeness (QED) is 0.559. The van der Waals surface area contributed by atoms with Gasteiger partial charge < -0.3 is 0 Å². The Bertz CT molecular complexity index is 172. The number of hydrogen-bond acceptors (Lipinski definition) is 3. The van der Waals surface area contributed by atoms with Crippen LogP contribution in [0.3, 0.4) is 0 Å². The summed E-state index contributed by atoms with van der Waals surface area (Å²) in [4.78, 5) is 3.92. The van der Waals surface area contributed by atoms with Gasteiger partial charge in [-0.05, 0) is 18.9 Å². The fourth-order valence-corrected chi connectivity index (χ4v) is 0.756. The van der Waals surface area contributed by atoms with Crippen LogP contribution in [0.4, 0.5) is 0 Å². The standard InChI is InChI=1S/C4H7N3S/c1-4-5-3-7(6-4)8-2/h3H,1-2H3. The summed E-state index contributed by atoms with van der Waals surface area (Å²) in [5.74, 6) is 0.819. The summed E-state index contributed by atoms with van der Waals surface area (Å²) in [5.41, 5.74) is 0. The van der Waals surface area contributed by atoms with Gasteiger partial charge in [-0.2, -0.15) is 4.09 Å². The Balaban J connectivity index is 2.84. The lowest BCUT2D eigenvalue weighted by atomic mass is 10.8. The second-order valence-corrected chi connectivity index (χ2v) is 2.12. The average Bonchev–Trinajstić information content (AvgIpc) is 2.14. The Morgan fingerprint density at radius 2 is 2.50 bits per heavy atom. The number of nitrogens with zero attached hydrogens (tertiary/aromatic N) is 3. The first-order valence-electron chi connectivity index (χ1n) is 2.25. The van der Waals surface area contributed by atoms with Gasteiger partial charge in [0.25, 0.3) is 0 Å². The molecule has 0 N–H and O–H groups in total. The average molecular weight is 129 g/mol. The van der Waals surface area contributed by atoms with E-state index >= 15 is 0 Å². The Hall–Kier alpha value is -0.510. The van der Waals surface area contributed by atoms with Crippen molar-refractivity contribution in [1.29, 1.82) is 0 Å². The number of aromatic nitrogens is 3. The first kappa shape index (κ1) is 5.62. The van der Waals surface area contributed by atoms with Crippen LogP contribution in [-0.2, 0) is 0 Å². The number of hydrogen-bond donors (Lipinski definition) is 0. The van der Waals surface area contributed by atoms with Gasteiger partial charge in [-0.1, -0.05) is 0 Å². The Kier molecular flexibility index (Phi) is 1.53. The maximum Gasteiger partial charge on any atom is 0.148 e. The molecule has 0 saturated heterocycles. The smallest absolute Gasteiger partial charge is 0.148 e. The maximum absolute atomic E-state index is 4.00. The summed E-state index contributed by atoms with van der Waals surface area (Å²) in [6.07, 6.45) is 3.65. The molecule has 1 heterocycles. The van der Waals surface area contributed by atoms with Gasteiger partial charge in [-0.15, -0.1) is 5.10 Å². The third kappa shape index (κ3) is 1.01. The lowest BCUT2D eigenvalue weighted by molar-refractivity contribution is 0.979. The molecule has 0 unspecified atom stereocenters. The molecule has 0 atom stereocenters. The molecule has 0 aliphatic rings. The lowest BCUT2D eigenvalue weighted by Gasteiger charge is -1.85. The van der Waals surface area contributed by atoms with Crippen LogP contribution in [-0.4, -0.2) is 20.4 Å². The molecule has 0 fully saturated rings. The monoisotopic (exact) mass is 129 g/mol. The molecule has 0 aromatic carbocycles. The zero-order valence-electron chi connectivity index (χ0n) is 4.83. The van der Waals surface area contributed by atoms with Crippen LogP contribution in [0.15, 0.2) is 6.33 Å². The van der Waals surface area contributed by atoms with E-state index in [1.165, 1.54) is 11.9 Å². The molecular formula is C4H7N3S. The minimum Gasteiger partial charge on any atom is -0.219 e. The highest BCUT2D eigenvalue weighted by Gasteiger charge is 1.88. The molecule has 3 nitrogen and oxygen atoms in total. The van der Waals surface area contributed by atoms with Gasteiger partial charge in [0.1, 0.15) is 12.2 Å². The van der Waals surface area contributed by atoms with Crippen molar-refractivity contribution in [2.24, 2.45) is 0 Å². The van der Waals surface area contributed by atoms with Crippen molar-refractivity contribution in [3.05, 3.63) is 12.2 Å². The molecule has 0 aliphatic carbocycles. The molecule has 0 amide bonds. The summed E-state index contributed by atoms with van der Waals surface area (Å²) >= 11 is 1.53. The minimum absolute atomic E-state index is 0.819. The van der Waals surface area contributed by atoms with Crippen molar-refractivity contribution >= 4 is 11.9 Å².